The number of aromatic nitrogens is 1. The molecule has 0 atom stereocenters. The van der Waals surface area contributed by atoms with Crippen molar-refractivity contribution >= 4 is 5.97 Å². The second kappa shape index (κ2) is 4.02. The third-order valence-electron chi connectivity index (χ3n) is 2.77. The van der Waals surface area contributed by atoms with Crippen LogP contribution in [-0.2, 0) is 6.54 Å². The second-order valence-electron chi connectivity index (χ2n) is 3.85. The third-order valence-corrected chi connectivity index (χ3v) is 2.77. The second-order valence-corrected chi connectivity index (χ2v) is 3.85. The van der Waals surface area contributed by atoms with Crippen molar-refractivity contribution in [2.24, 2.45) is 0 Å². The van der Waals surface area contributed by atoms with E-state index in [1.54, 1.807) is 6.92 Å². The first-order chi connectivity index (χ1) is 7.18. The highest BCUT2D eigenvalue weighted by Gasteiger charge is 2.22. The quantitative estimate of drug-likeness (QED) is 0.813. The van der Waals surface area contributed by atoms with Crippen LogP contribution in [0.4, 0.5) is 0 Å². The third kappa shape index (κ3) is 2.02. The lowest BCUT2D eigenvalue weighted by Crippen LogP contribution is -2.20. The van der Waals surface area contributed by atoms with Gasteiger partial charge in [-0.2, -0.15) is 0 Å². The van der Waals surface area contributed by atoms with Gasteiger partial charge in [0.15, 0.2) is 5.69 Å². The van der Waals surface area contributed by atoms with E-state index in [1.807, 2.05) is 0 Å². The Morgan fingerprint density at radius 2 is 2.20 bits per heavy atom. The number of nitrogens with zero attached hydrogens (tertiary/aromatic N) is 2. The zero-order valence-electron chi connectivity index (χ0n) is 8.69. The standard InChI is InChI=1S/C10H14N2O3/c1-7-8(6-12-4-2-3-5-12)9(10(13)14)11-15-7/h2-6H2,1H3,(H,13,14). The minimum absolute atomic E-state index is 0.0550. The van der Waals surface area contributed by atoms with E-state index in [0.29, 0.717) is 17.9 Å². The van der Waals surface area contributed by atoms with Crippen LogP contribution in [0.5, 0.6) is 0 Å². The molecule has 0 radical (unpaired) electrons. The van der Waals surface area contributed by atoms with Crippen molar-refractivity contribution in [3.63, 3.8) is 0 Å². The molecule has 82 valence electrons. The van der Waals surface area contributed by atoms with Gasteiger partial charge in [-0.1, -0.05) is 5.16 Å². The van der Waals surface area contributed by atoms with Crippen molar-refractivity contribution in [2.75, 3.05) is 13.1 Å². The maximum atomic E-state index is 10.9. The highest BCUT2D eigenvalue weighted by atomic mass is 16.5. The lowest BCUT2D eigenvalue weighted by atomic mass is 10.2. The molecule has 1 aromatic rings. The number of carboxylic acids is 1. The fourth-order valence-corrected chi connectivity index (χ4v) is 1.91. The van der Waals surface area contributed by atoms with Crippen LogP contribution in [0, 0.1) is 6.92 Å². The average Bonchev–Trinajstić information content (AvgIpc) is 2.78. The molecule has 1 aromatic heterocycles. The van der Waals surface area contributed by atoms with Crippen molar-refractivity contribution in [3.8, 4) is 0 Å². The predicted octanol–water partition coefficient (Wildman–Crippen LogP) is 1.28. The molecular formula is C10H14N2O3. The van der Waals surface area contributed by atoms with Gasteiger partial charge in [-0.05, 0) is 32.9 Å². The Balaban J connectivity index is 2.18. The monoisotopic (exact) mass is 210 g/mol. The molecule has 0 unspecified atom stereocenters. The molecule has 1 N–H and O–H groups in total. The summed E-state index contributed by atoms with van der Waals surface area (Å²) in [6.07, 6.45) is 2.37. The van der Waals surface area contributed by atoms with Gasteiger partial charge < -0.3 is 9.63 Å². The Bertz CT molecular complexity index is 367. The molecule has 1 aliphatic rings. The normalized spacial score (nSPS) is 17.1. The first-order valence-corrected chi connectivity index (χ1v) is 5.09. The number of aryl methyl sites for hydroxylation is 1. The van der Waals surface area contributed by atoms with Crippen molar-refractivity contribution in [1.29, 1.82) is 0 Å². The predicted molar refractivity (Wildman–Crippen MR) is 52.7 cm³/mol. The average molecular weight is 210 g/mol. The number of hydrogen-bond donors (Lipinski definition) is 1. The van der Waals surface area contributed by atoms with Crippen LogP contribution in [-0.4, -0.2) is 34.2 Å². The van der Waals surface area contributed by atoms with Gasteiger partial charge in [0, 0.05) is 12.1 Å². The van der Waals surface area contributed by atoms with Crippen LogP contribution in [0.2, 0.25) is 0 Å². The lowest BCUT2D eigenvalue weighted by molar-refractivity contribution is 0.0684. The number of hydrogen-bond acceptors (Lipinski definition) is 4. The van der Waals surface area contributed by atoms with Crippen molar-refractivity contribution in [1.82, 2.24) is 10.1 Å². The van der Waals surface area contributed by atoms with E-state index in [1.165, 1.54) is 12.8 Å². The minimum atomic E-state index is -1.01. The topological polar surface area (TPSA) is 66.6 Å². The maximum Gasteiger partial charge on any atom is 0.358 e. The van der Waals surface area contributed by atoms with E-state index in [9.17, 15) is 4.79 Å². The van der Waals surface area contributed by atoms with Gasteiger partial charge in [-0.3, -0.25) is 4.90 Å². The summed E-state index contributed by atoms with van der Waals surface area (Å²) in [4.78, 5) is 13.1. The zero-order chi connectivity index (χ0) is 10.8. The molecule has 15 heavy (non-hydrogen) atoms. The maximum absolute atomic E-state index is 10.9. The molecule has 5 heteroatoms. The van der Waals surface area contributed by atoms with E-state index in [-0.39, 0.29) is 5.69 Å². The molecule has 0 spiro atoms. The van der Waals surface area contributed by atoms with Crippen molar-refractivity contribution in [2.45, 2.75) is 26.3 Å². The number of carbonyl (C=O) groups is 1. The number of likely N-dealkylation sites (tertiary alicyclic amines) is 1. The van der Waals surface area contributed by atoms with E-state index >= 15 is 0 Å². The summed E-state index contributed by atoms with van der Waals surface area (Å²) < 4.78 is 4.91. The Morgan fingerprint density at radius 1 is 1.53 bits per heavy atom. The molecule has 1 fully saturated rings. The molecule has 2 heterocycles. The fraction of sp³-hybridized carbons (Fsp3) is 0.600. The zero-order valence-corrected chi connectivity index (χ0v) is 8.69. The Labute approximate surface area is 87.7 Å². The number of aromatic carboxylic acids is 1. The Morgan fingerprint density at radius 3 is 2.80 bits per heavy atom. The molecule has 1 aliphatic heterocycles. The summed E-state index contributed by atoms with van der Waals surface area (Å²) in [7, 11) is 0. The molecule has 5 nitrogen and oxygen atoms in total. The summed E-state index contributed by atoms with van der Waals surface area (Å²) >= 11 is 0. The fourth-order valence-electron chi connectivity index (χ4n) is 1.91. The van der Waals surface area contributed by atoms with E-state index in [4.69, 9.17) is 9.63 Å². The van der Waals surface area contributed by atoms with Gasteiger partial charge in [-0.25, -0.2) is 4.79 Å². The van der Waals surface area contributed by atoms with Crippen molar-refractivity contribution < 1.29 is 14.4 Å². The highest BCUT2D eigenvalue weighted by Crippen LogP contribution is 2.18. The van der Waals surface area contributed by atoms with Gasteiger partial charge in [0.2, 0.25) is 0 Å². The van der Waals surface area contributed by atoms with Gasteiger partial charge in [0.1, 0.15) is 5.76 Å². The lowest BCUT2D eigenvalue weighted by Gasteiger charge is -2.13. The first kappa shape index (κ1) is 10.2. The Hall–Kier alpha value is -1.36. The summed E-state index contributed by atoms with van der Waals surface area (Å²) in [5.41, 5.74) is 0.767. The Kier molecular flexibility index (Phi) is 2.73. The summed E-state index contributed by atoms with van der Waals surface area (Å²) in [5.74, 6) is -0.402. The van der Waals surface area contributed by atoms with E-state index < -0.39 is 5.97 Å². The molecule has 0 bridgehead atoms. The van der Waals surface area contributed by atoms with Gasteiger partial charge in [0.05, 0.1) is 0 Å². The highest BCUT2D eigenvalue weighted by molar-refractivity contribution is 5.87. The van der Waals surface area contributed by atoms with Crippen LogP contribution in [0.15, 0.2) is 4.52 Å². The van der Waals surface area contributed by atoms with Crippen LogP contribution >= 0.6 is 0 Å². The molecule has 0 aromatic carbocycles. The minimum Gasteiger partial charge on any atom is -0.476 e. The molecule has 1 saturated heterocycles. The molecule has 0 aliphatic carbocycles. The number of rotatable bonds is 3. The van der Waals surface area contributed by atoms with Gasteiger partial charge >= 0.3 is 5.97 Å². The summed E-state index contributed by atoms with van der Waals surface area (Å²) in [5, 5.41) is 12.5. The van der Waals surface area contributed by atoms with Crippen LogP contribution in [0.1, 0.15) is 34.7 Å². The van der Waals surface area contributed by atoms with Gasteiger partial charge in [0.25, 0.3) is 0 Å². The molecule has 0 amide bonds. The summed E-state index contributed by atoms with van der Waals surface area (Å²) in [6, 6.07) is 0. The number of carboxylic acid groups (broad SMARTS) is 1. The van der Waals surface area contributed by atoms with Crippen LogP contribution < -0.4 is 0 Å². The van der Waals surface area contributed by atoms with Crippen LogP contribution in [0.3, 0.4) is 0 Å². The molecule has 2 rings (SSSR count). The van der Waals surface area contributed by atoms with E-state index in [0.717, 1.165) is 13.1 Å². The van der Waals surface area contributed by atoms with Crippen LogP contribution in [0.25, 0.3) is 0 Å². The van der Waals surface area contributed by atoms with Crippen molar-refractivity contribution in [3.05, 3.63) is 17.0 Å². The van der Waals surface area contributed by atoms with E-state index in [2.05, 4.69) is 10.1 Å². The molecular weight excluding hydrogens is 196 g/mol. The molecule has 0 saturated carbocycles. The smallest absolute Gasteiger partial charge is 0.358 e. The summed E-state index contributed by atoms with van der Waals surface area (Å²) in [6.45, 7) is 4.45. The largest absolute Gasteiger partial charge is 0.476 e. The SMILES string of the molecule is Cc1onc(C(=O)O)c1CN1CCCC1. The van der Waals surface area contributed by atoms with Gasteiger partial charge in [-0.15, -0.1) is 0 Å². The first-order valence-electron chi connectivity index (χ1n) is 5.09.